The summed E-state index contributed by atoms with van der Waals surface area (Å²) in [4.78, 5) is 13.8. The number of sulfone groups is 1. The first-order chi connectivity index (χ1) is 10.3. The molecule has 1 fully saturated rings. The summed E-state index contributed by atoms with van der Waals surface area (Å²) in [6, 6.07) is 5.43. The largest absolute Gasteiger partial charge is 0.423 e. The molecule has 0 N–H and O–H groups in total. The van der Waals surface area contributed by atoms with Crippen molar-refractivity contribution in [3.8, 4) is 0 Å². The third-order valence-electron chi connectivity index (χ3n) is 4.28. The van der Waals surface area contributed by atoms with E-state index in [1.807, 2.05) is 26.0 Å². The van der Waals surface area contributed by atoms with E-state index in [4.69, 9.17) is 4.42 Å². The monoisotopic (exact) mass is 321 g/mol. The molecule has 0 bridgehead atoms. The maximum absolute atomic E-state index is 11.8. The molecule has 1 aliphatic rings. The van der Waals surface area contributed by atoms with Crippen LogP contribution in [0.3, 0.4) is 0 Å². The zero-order valence-corrected chi connectivity index (χ0v) is 13.6. The van der Waals surface area contributed by atoms with Gasteiger partial charge in [0, 0.05) is 31.1 Å². The Morgan fingerprint density at radius 3 is 2.41 bits per heavy atom. The number of aryl methyl sites for hydroxylation is 2. The van der Waals surface area contributed by atoms with Crippen LogP contribution < -0.4 is 5.63 Å². The van der Waals surface area contributed by atoms with Gasteiger partial charge in [0.05, 0.1) is 11.5 Å². The van der Waals surface area contributed by atoms with Crippen molar-refractivity contribution < 1.29 is 12.8 Å². The predicted molar refractivity (Wildman–Crippen MR) is 85.9 cm³/mol. The summed E-state index contributed by atoms with van der Waals surface area (Å²) in [5.41, 5.74) is 3.35. The molecule has 1 aromatic carbocycles. The second-order valence-electron chi connectivity index (χ2n) is 5.95. The smallest absolute Gasteiger partial charge is 0.336 e. The molecule has 118 valence electrons. The van der Waals surface area contributed by atoms with Gasteiger partial charge in [-0.15, -0.1) is 0 Å². The fraction of sp³-hybridized carbons (Fsp3) is 0.438. The van der Waals surface area contributed by atoms with Gasteiger partial charge in [-0.2, -0.15) is 0 Å². The van der Waals surface area contributed by atoms with Crippen LogP contribution in [0.1, 0.15) is 16.7 Å². The molecular formula is C16H19NO4S. The summed E-state index contributed by atoms with van der Waals surface area (Å²) < 4.78 is 28.3. The van der Waals surface area contributed by atoms with E-state index in [1.54, 1.807) is 0 Å². The predicted octanol–water partition coefficient (Wildman–Crippen LogP) is 1.64. The Morgan fingerprint density at radius 2 is 1.73 bits per heavy atom. The molecule has 0 amide bonds. The van der Waals surface area contributed by atoms with Crippen LogP contribution in [0, 0.1) is 13.8 Å². The number of rotatable bonds is 2. The maximum Gasteiger partial charge on any atom is 0.336 e. The number of benzene rings is 1. The Morgan fingerprint density at radius 1 is 1.09 bits per heavy atom. The second kappa shape index (κ2) is 5.52. The normalized spacial score (nSPS) is 18.6. The third kappa shape index (κ3) is 3.08. The highest BCUT2D eigenvalue weighted by Gasteiger charge is 2.22. The lowest BCUT2D eigenvalue weighted by Crippen LogP contribution is -2.39. The highest BCUT2D eigenvalue weighted by Crippen LogP contribution is 2.23. The SMILES string of the molecule is Cc1cc2oc(=O)cc(CN3CCS(=O)(=O)CC3)c2cc1C. The zero-order chi connectivity index (χ0) is 15.9. The van der Waals surface area contributed by atoms with E-state index in [-0.39, 0.29) is 17.1 Å². The fourth-order valence-electron chi connectivity index (χ4n) is 2.76. The van der Waals surface area contributed by atoms with Crippen molar-refractivity contribution in [3.63, 3.8) is 0 Å². The van der Waals surface area contributed by atoms with Gasteiger partial charge in [0.15, 0.2) is 9.84 Å². The molecule has 0 spiro atoms. The van der Waals surface area contributed by atoms with Crippen molar-refractivity contribution in [3.05, 3.63) is 45.3 Å². The van der Waals surface area contributed by atoms with Crippen LogP contribution in [-0.4, -0.2) is 37.9 Å². The van der Waals surface area contributed by atoms with Crippen LogP contribution in [0.25, 0.3) is 11.0 Å². The van der Waals surface area contributed by atoms with Gasteiger partial charge < -0.3 is 4.42 Å². The van der Waals surface area contributed by atoms with Gasteiger partial charge in [-0.3, -0.25) is 4.90 Å². The molecule has 6 heteroatoms. The van der Waals surface area contributed by atoms with Gasteiger partial charge in [0.2, 0.25) is 0 Å². The van der Waals surface area contributed by atoms with Gasteiger partial charge in [-0.25, -0.2) is 13.2 Å². The Bertz CT molecular complexity index is 869. The molecule has 2 heterocycles. The molecule has 0 radical (unpaired) electrons. The molecule has 0 unspecified atom stereocenters. The van der Waals surface area contributed by atoms with Crippen LogP contribution in [0.15, 0.2) is 27.4 Å². The van der Waals surface area contributed by atoms with E-state index in [2.05, 4.69) is 4.90 Å². The van der Waals surface area contributed by atoms with E-state index >= 15 is 0 Å². The topological polar surface area (TPSA) is 67.6 Å². The van der Waals surface area contributed by atoms with Crippen molar-refractivity contribution in [2.75, 3.05) is 24.6 Å². The number of hydrogen-bond donors (Lipinski definition) is 0. The lowest BCUT2D eigenvalue weighted by molar-refractivity contribution is 0.288. The lowest BCUT2D eigenvalue weighted by atomic mass is 10.0. The van der Waals surface area contributed by atoms with Gasteiger partial charge >= 0.3 is 5.63 Å². The molecule has 3 rings (SSSR count). The standard InChI is InChI=1S/C16H19NO4S/c1-11-7-14-13(9-16(18)21-15(14)8-12(11)2)10-17-3-5-22(19,20)6-4-17/h7-9H,3-6,10H2,1-2H3. The summed E-state index contributed by atoms with van der Waals surface area (Å²) in [5.74, 6) is 0.370. The first kappa shape index (κ1) is 15.2. The zero-order valence-electron chi connectivity index (χ0n) is 12.8. The number of hydrogen-bond acceptors (Lipinski definition) is 5. The van der Waals surface area contributed by atoms with Crippen molar-refractivity contribution >= 4 is 20.8 Å². The van der Waals surface area contributed by atoms with Crippen molar-refractivity contribution in [1.29, 1.82) is 0 Å². The van der Waals surface area contributed by atoms with Gasteiger partial charge in [-0.1, -0.05) is 0 Å². The van der Waals surface area contributed by atoms with E-state index in [1.165, 1.54) is 6.07 Å². The van der Waals surface area contributed by atoms with E-state index < -0.39 is 9.84 Å². The van der Waals surface area contributed by atoms with Crippen LogP contribution in [0.4, 0.5) is 0 Å². The molecule has 1 aliphatic heterocycles. The molecule has 1 saturated heterocycles. The van der Waals surface area contributed by atoms with Crippen molar-refractivity contribution in [2.24, 2.45) is 0 Å². The summed E-state index contributed by atoms with van der Waals surface area (Å²) in [6.45, 7) is 5.60. The average Bonchev–Trinajstić information content (AvgIpc) is 2.43. The Balaban J connectivity index is 1.97. The maximum atomic E-state index is 11.8. The number of fused-ring (bicyclic) bond motifs is 1. The van der Waals surface area contributed by atoms with Crippen LogP contribution in [-0.2, 0) is 16.4 Å². The molecule has 2 aromatic rings. The molecule has 22 heavy (non-hydrogen) atoms. The molecule has 5 nitrogen and oxygen atoms in total. The van der Waals surface area contributed by atoms with E-state index in [0.717, 1.165) is 22.1 Å². The Hall–Kier alpha value is -1.66. The quantitative estimate of drug-likeness (QED) is 0.787. The van der Waals surface area contributed by atoms with Crippen LogP contribution in [0.2, 0.25) is 0 Å². The van der Waals surface area contributed by atoms with Gasteiger partial charge in [0.1, 0.15) is 5.58 Å². The summed E-state index contributed by atoms with van der Waals surface area (Å²) in [5, 5.41) is 0.927. The minimum Gasteiger partial charge on any atom is -0.423 e. The summed E-state index contributed by atoms with van der Waals surface area (Å²) in [7, 11) is -2.89. The highest BCUT2D eigenvalue weighted by atomic mass is 32.2. The van der Waals surface area contributed by atoms with Crippen LogP contribution in [0.5, 0.6) is 0 Å². The summed E-state index contributed by atoms with van der Waals surface area (Å²) >= 11 is 0. The van der Waals surface area contributed by atoms with E-state index in [0.29, 0.717) is 25.2 Å². The van der Waals surface area contributed by atoms with Gasteiger partial charge in [-0.05, 0) is 42.7 Å². The minimum atomic E-state index is -2.89. The number of nitrogens with zero attached hydrogens (tertiary/aromatic N) is 1. The molecule has 0 aliphatic carbocycles. The average molecular weight is 321 g/mol. The lowest BCUT2D eigenvalue weighted by Gasteiger charge is -2.26. The Labute approximate surface area is 129 Å². The summed E-state index contributed by atoms with van der Waals surface area (Å²) in [6.07, 6.45) is 0. The van der Waals surface area contributed by atoms with Crippen molar-refractivity contribution in [1.82, 2.24) is 4.90 Å². The molecule has 1 aromatic heterocycles. The Kier molecular flexibility index (Phi) is 3.82. The first-order valence-corrected chi connectivity index (χ1v) is 9.13. The second-order valence-corrected chi connectivity index (χ2v) is 8.25. The molecule has 0 saturated carbocycles. The van der Waals surface area contributed by atoms with Crippen LogP contribution >= 0.6 is 0 Å². The molecule has 0 atom stereocenters. The third-order valence-corrected chi connectivity index (χ3v) is 5.88. The molecular weight excluding hydrogens is 302 g/mol. The van der Waals surface area contributed by atoms with Gasteiger partial charge in [0.25, 0.3) is 0 Å². The fourth-order valence-corrected chi connectivity index (χ4v) is 4.04. The first-order valence-electron chi connectivity index (χ1n) is 7.31. The van der Waals surface area contributed by atoms with E-state index in [9.17, 15) is 13.2 Å². The highest BCUT2D eigenvalue weighted by molar-refractivity contribution is 7.91. The minimum absolute atomic E-state index is 0.185. The van der Waals surface area contributed by atoms with Crippen molar-refractivity contribution in [2.45, 2.75) is 20.4 Å².